The number of H-pyrrole nitrogens is 1. The molecule has 3 rings (SSSR count). The first-order valence-corrected chi connectivity index (χ1v) is 6.61. The zero-order valence-corrected chi connectivity index (χ0v) is 11.3. The van der Waals surface area contributed by atoms with Crippen molar-refractivity contribution in [1.29, 1.82) is 0 Å². The average Bonchev–Trinajstić information content (AvgIpc) is 3.00. The van der Waals surface area contributed by atoms with E-state index >= 15 is 0 Å². The maximum atomic E-state index is 5.10. The Hall–Kier alpha value is -1.79. The normalized spacial score (nSPS) is 10.7. The molecule has 6 heteroatoms. The minimum atomic E-state index is 0.611. The lowest BCUT2D eigenvalue weighted by Crippen LogP contribution is -1.89. The number of rotatable bonds is 2. The van der Waals surface area contributed by atoms with E-state index in [1.807, 2.05) is 48.1 Å². The van der Waals surface area contributed by atoms with Crippen molar-refractivity contribution in [3.05, 3.63) is 41.3 Å². The zero-order valence-electron chi connectivity index (χ0n) is 9.62. The van der Waals surface area contributed by atoms with Gasteiger partial charge in [0.15, 0.2) is 10.6 Å². The summed E-state index contributed by atoms with van der Waals surface area (Å²) in [6, 6.07) is 10.1. The Kier molecular flexibility index (Phi) is 2.81. The number of aromatic nitrogens is 4. The standard InChI is InChI=1S/C12H10N4S2/c1-16-10(14-15-12(16)17)9-7-13-11(18-9)8-5-3-2-4-6-8/h2-7H,1H3,(H,15,17). The predicted molar refractivity (Wildman–Crippen MR) is 74.9 cm³/mol. The van der Waals surface area contributed by atoms with Crippen molar-refractivity contribution in [3.63, 3.8) is 0 Å². The summed E-state index contributed by atoms with van der Waals surface area (Å²) in [5, 5.41) is 7.97. The number of nitrogens with zero attached hydrogens (tertiary/aromatic N) is 3. The maximum Gasteiger partial charge on any atom is 0.195 e. The topological polar surface area (TPSA) is 46.5 Å². The van der Waals surface area contributed by atoms with E-state index in [2.05, 4.69) is 15.2 Å². The van der Waals surface area contributed by atoms with E-state index in [4.69, 9.17) is 12.2 Å². The highest BCUT2D eigenvalue weighted by Crippen LogP contribution is 2.30. The summed E-state index contributed by atoms with van der Waals surface area (Å²) in [5.74, 6) is 0.819. The summed E-state index contributed by atoms with van der Waals surface area (Å²) in [7, 11) is 1.89. The fourth-order valence-corrected chi connectivity index (χ4v) is 2.74. The largest absolute Gasteiger partial charge is 0.303 e. The van der Waals surface area contributed by atoms with Crippen molar-refractivity contribution in [2.75, 3.05) is 0 Å². The van der Waals surface area contributed by atoms with Crippen LogP contribution >= 0.6 is 23.6 Å². The van der Waals surface area contributed by atoms with Gasteiger partial charge in [-0.2, -0.15) is 5.10 Å². The molecule has 3 aromatic rings. The van der Waals surface area contributed by atoms with Gasteiger partial charge in [-0.3, -0.25) is 5.10 Å². The lowest BCUT2D eigenvalue weighted by molar-refractivity contribution is 0.903. The summed E-state index contributed by atoms with van der Waals surface area (Å²) in [6.45, 7) is 0. The van der Waals surface area contributed by atoms with Crippen molar-refractivity contribution < 1.29 is 0 Å². The molecule has 0 aliphatic rings. The van der Waals surface area contributed by atoms with Gasteiger partial charge in [-0.05, 0) is 12.2 Å². The fraction of sp³-hybridized carbons (Fsp3) is 0.0833. The number of hydrogen-bond acceptors (Lipinski definition) is 4. The van der Waals surface area contributed by atoms with Gasteiger partial charge < -0.3 is 4.57 Å². The first-order valence-electron chi connectivity index (χ1n) is 5.39. The molecule has 0 atom stereocenters. The molecular formula is C12H10N4S2. The molecule has 0 spiro atoms. The first-order chi connectivity index (χ1) is 8.75. The van der Waals surface area contributed by atoms with Crippen molar-refractivity contribution in [2.24, 2.45) is 7.05 Å². The van der Waals surface area contributed by atoms with Crippen LogP contribution in [0.4, 0.5) is 0 Å². The van der Waals surface area contributed by atoms with E-state index in [0.29, 0.717) is 4.77 Å². The van der Waals surface area contributed by atoms with Crippen LogP contribution in [0.5, 0.6) is 0 Å². The molecule has 0 fully saturated rings. The molecule has 2 aromatic heterocycles. The molecule has 90 valence electrons. The second kappa shape index (κ2) is 4.47. The first kappa shape index (κ1) is 11.3. The average molecular weight is 274 g/mol. The Morgan fingerprint density at radius 2 is 2.06 bits per heavy atom. The number of thiazole rings is 1. The predicted octanol–water partition coefficient (Wildman–Crippen LogP) is 3.27. The Bertz CT molecular complexity index is 724. The number of benzene rings is 1. The smallest absolute Gasteiger partial charge is 0.195 e. The van der Waals surface area contributed by atoms with Crippen LogP contribution in [0, 0.1) is 4.77 Å². The van der Waals surface area contributed by atoms with E-state index in [1.54, 1.807) is 11.3 Å². The third-order valence-electron chi connectivity index (χ3n) is 2.63. The van der Waals surface area contributed by atoms with E-state index < -0.39 is 0 Å². The summed E-state index contributed by atoms with van der Waals surface area (Å²) < 4.78 is 2.46. The molecule has 0 radical (unpaired) electrons. The second-order valence-electron chi connectivity index (χ2n) is 3.81. The molecule has 1 aromatic carbocycles. The third kappa shape index (κ3) is 1.89. The Labute approximate surface area is 113 Å². The SMILES string of the molecule is Cn1c(-c2cnc(-c3ccccc3)s2)n[nH]c1=S. The van der Waals surface area contributed by atoms with Crippen LogP contribution in [0.1, 0.15) is 0 Å². The van der Waals surface area contributed by atoms with Crippen molar-refractivity contribution in [3.8, 4) is 21.3 Å². The lowest BCUT2D eigenvalue weighted by Gasteiger charge is -1.95. The fourth-order valence-electron chi connectivity index (χ4n) is 1.66. The van der Waals surface area contributed by atoms with E-state index in [-0.39, 0.29) is 0 Å². The summed E-state index contributed by atoms with van der Waals surface area (Å²) in [6.07, 6.45) is 1.83. The molecule has 0 aliphatic heterocycles. The lowest BCUT2D eigenvalue weighted by atomic mass is 10.2. The quantitative estimate of drug-likeness (QED) is 0.730. The highest BCUT2D eigenvalue weighted by molar-refractivity contribution is 7.71. The molecule has 0 saturated heterocycles. The molecule has 1 N–H and O–H groups in total. The van der Waals surface area contributed by atoms with Gasteiger partial charge in [-0.25, -0.2) is 4.98 Å². The highest BCUT2D eigenvalue weighted by Gasteiger charge is 2.10. The van der Waals surface area contributed by atoms with Gasteiger partial charge in [0.1, 0.15) is 5.01 Å². The zero-order chi connectivity index (χ0) is 12.5. The summed E-state index contributed by atoms with van der Waals surface area (Å²) in [5.41, 5.74) is 1.12. The van der Waals surface area contributed by atoms with Crippen LogP contribution in [0.25, 0.3) is 21.3 Å². The second-order valence-corrected chi connectivity index (χ2v) is 5.22. The van der Waals surface area contributed by atoms with E-state index in [0.717, 1.165) is 21.3 Å². The van der Waals surface area contributed by atoms with Crippen LogP contribution in [0.15, 0.2) is 36.5 Å². The Morgan fingerprint density at radius 3 is 2.72 bits per heavy atom. The Balaban J connectivity index is 2.05. The van der Waals surface area contributed by atoms with Crippen LogP contribution in [-0.4, -0.2) is 19.7 Å². The van der Waals surface area contributed by atoms with Gasteiger partial charge in [-0.1, -0.05) is 30.3 Å². The van der Waals surface area contributed by atoms with Crippen LogP contribution in [0.3, 0.4) is 0 Å². The van der Waals surface area contributed by atoms with Crippen molar-refractivity contribution in [2.45, 2.75) is 0 Å². The molecule has 0 amide bonds. The highest BCUT2D eigenvalue weighted by atomic mass is 32.1. The van der Waals surface area contributed by atoms with Gasteiger partial charge in [0, 0.05) is 18.8 Å². The minimum absolute atomic E-state index is 0.611. The van der Waals surface area contributed by atoms with Gasteiger partial charge in [0.2, 0.25) is 0 Å². The van der Waals surface area contributed by atoms with Crippen molar-refractivity contribution >= 4 is 23.6 Å². The van der Waals surface area contributed by atoms with Gasteiger partial charge >= 0.3 is 0 Å². The van der Waals surface area contributed by atoms with E-state index in [1.165, 1.54) is 0 Å². The van der Waals surface area contributed by atoms with E-state index in [9.17, 15) is 0 Å². The van der Waals surface area contributed by atoms with Gasteiger partial charge in [-0.15, -0.1) is 11.3 Å². The van der Waals surface area contributed by atoms with Crippen LogP contribution in [-0.2, 0) is 7.05 Å². The Morgan fingerprint density at radius 1 is 1.28 bits per heavy atom. The molecule has 4 nitrogen and oxygen atoms in total. The summed E-state index contributed by atoms with van der Waals surface area (Å²) in [4.78, 5) is 5.43. The number of nitrogens with one attached hydrogen (secondary N) is 1. The van der Waals surface area contributed by atoms with Crippen LogP contribution < -0.4 is 0 Å². The summed E-state index contributed by atoms with van der Waals surface area (Å²) >= 11 is 6.71. The maximum absolute atomic E-state index is 5.10. The molecule has 0 saturated carbocycles. The molecule has 2 heterocycles. The molecule has 0 bridgehead atoms. The number of aromatic amines is 1. The third-order valence-corrected chi connectivity index (χ3v) is 4.03. The van der Waals surface area contributed by atoms with Gasteiger partial charge in [0.25, 0.3) is 0 Å². The van der Waals surface area contributed by atoms with Crippen LogP contribution in [0.2, 0.25) is 0 Å². The number of hydrogen-bond donors (Lipinski definition) is 1. The van der Waals surface area contributed by atoms with Gasteiger partial charge in [0.05, 0.1) is 4.88 Å². The molecule has 18 heavy (non-hydrogen) atoms. The van der Waals surface area contributed by atoms with Crippen molar-refractivity contribution in [1.82, 2.24) is 19.7 Å². The monoisotopic (exact) mass is 274 g/mol. The molecular weight excluding hydrogens is 264 g/mol. The molecule has 0 aliphatic carbocycles. The molecule has 0 unspecified atom stereocenters. The minimum Gasteiger partial charge on any atom is -0.303 e.